The molecule has 1 atom stereocenters. The number of benzene rings is 1. The first-order chi connectivity index (χ1) is 8.74. The van der Waals surface area contributed by atoms with Gasteiger partial charge in [-0.3, -0.25) is 4.90 Å². The molecule has 1 aromatic rings. The Morgan fingerprint density at radius 1 is 1.39 bits per heavy atom. The average Bonchev–Trinajstić information content (AvgIpc) is 2.39. The number of thioether (sulfide) groups is 1. The maximum atomic E-state index is 5.95. The van der Waals surface area contributed by atoms with E-state index >= 15 is 0 Å². The number of nitrogens with two attached hydrogens (primary N) is 1. The van der Waals surface area contributed by atoms with E-state index in [1.165, 1.54) is 11.1 Å². The summed E-state index contributed by atoms with van der Waals surface area (Å²) >= 11 is 1.86. The molecule has 4 heteroatoms. The van der Waals surface area contributed by atoms with E-state index in [9.17, 15) is 0 Å². The van der Waals surface area contributed by atoms with Gasteiger partial charge < -0.3 is 10.5 Å². The third kappa shape index (κ3) is 4.28. The van der Waals surface area contributed by atoms with E-state index in [-0.39, 0.29) is 6.04 Å². The molecule has 0 amide bonds. The van der Waals surface area contributed by atoms with E-state index in [0.29, 0.717) is 13.2 Å². The molecule has 102 valence electrons. The van der Waals surface area contributed by atoms with Crippen molar-refractivity contribution in [2.45, 2.75) is 12.6 Å². The minimum Gasteiger partial charge on any atom is -0.380 e. The van der Waals surface area contributed by atoms with Crippen molar-refractivity contribution in [1.82, 2.24) is 4.90 Å². The fourth-order valence-corrected chi connectivity index (χ4v) is 2.55. The van der Waals surface area contributed by atoms with Gasteiger partial charge in [-0.2, -0.15) is 11.8 Å². The van der Waals surface area contributed by atoms with E-state index in [1.807, 2.05) is 17.8 Å². The lowest BCUT2D eigenvalue weighted by Gasteiger charge is -2.28. The summed E-state index contributed by atoms with van der Waals surface area (Å²) in [4.78, 5) is 2.32. The monoisotopic (exact) mass is 268 g/mol. The van der Waals surface area contributed by atoms with Gasteiger partial charge in [0.1, 0.15) is 0 Å². The molecule has 0 aliphatic heterocycles. The van der Waals surface area contributed by atoms with Crippen molar-refractivity contribution < 1.29 is 4.74 Å². The molecule has 2 N–H and O–H groups in total. The van der Waals surface area contributed by atoms with E-state index in [1.54, 1.807) is 7.11 Å². The first kappa shape index (κ1) is 15.5. The van der Waals surface area contributed by atoms with Gasteiger partial charge >= 0.3 is 0 Å². The van der Waals surface area contributed by atoms with E-state index in [0.717, 1.165) is 12.3 Å². The van der Waals surface area contributed by atoms with Crippen molar-refractivity contribution in [3.63, 3.8) is 0 Å². The predicted molar refractivity (Wildman–Crippen MR) is 80.0 cm³/mol. The summed E-state index contributed by atoms with van der Waals surface area (Å²) in [5, 5.41) is 0. The van der Waals surface area contributed by atoms with Crippen molar-refractivity contribution in [3.8, 4) is 0 Å². The second-order valence-electron chi connectivity index (χ2n) is 4.36. The number of likely N-dealkylation sites (N-methyl/N-ethyl adjacent to an activating group) is 1. The van der Waals surface area contributed by atoms with Crippen molar-refractivity contribution in [2.24, 2.45) is 5.73 Å². The molecular formula is C14H24N2OS. The topological polar surface area (TPSA) is 38.5 Å². The van der Waals surface area contributed by atoms with Crippen LogP contribution < -0.4 is 5.73 Å². The van der Waals surface area contributed by atoms with E-state index in [4.69, 9.17) is 10.5 Å². The molecule has 0 saturated heterocycles. The smallest absolute Gasteiger partial charge is 0.0716 e. The normalized spacial score (nSPS) is 12.9. The van der Waals surface area contributed by atoms with Gasteiger partial charge in [0, 0.05) is 32.0 Å². The maximum absolute atomic E-state index is 5.95. The molecule has 1 rings (SSSR count). The zero-order valence-corrected chi connectivity index (χ0v) is 12.4. The highest BCUT2D eigenvalue weighted by Crippen LogP contribution is 2.23. The Balaban J connectivity index is 2.86. The van der Waals surface area contributed by atoms with Gasteiger partial charge in [-0.05, 0) is 24.4 Å². The molecule has 0 radical (unpaired) electrons. The molecule has 0 aliphatic carbocycles. The zero-order chi connectivity index (χ0) is 13.4. The third-order valence-electron chi connectivity index (χ3n) is 3.12. The number of hydrogen-bond donors (Lipinski definition) is 1. The van der Waals surface area contributed by atoms with Crippen LogP contribution in [0.15, 0.2) is 24.3 Å². The number of rotatable bonds is 8. The molecular weight excluding hydrogens is 244 g/mol. The number of hydrogen-bond acceptors (Lipinski definition) is 4. The van der Waals surface area contributed by atoms with Crippen LogP contribution in [0.3, 0.4) is 0 Å². The Morgan fingerprint density at radius 3 is 2.72 bits per heavy atom. The fraction of sp³-hybridized carbons (Fsp3) is 0.571. The summed E-state index contributed by atoms with van der Waals surface area (Å²) < 4.78 is 5.26. The van der Waals surface area contributed by atoms with Gasteiger partial charge in [0.05, 0.1) is 6.61 Å². The molecule has 0 aliphatic rings. The third-order valence-corrected chi connectivity index (χ3v) is 3.71. The quantitative estimate of drug-likeness (QED) is 0.784. The van der Waals surface area contributed by atoms with Gasteiger partial charge in [0.2, 0.25) is 0 Å². The molecule has 1 aromatic carbocycles. The molecule has 3 nitrogen and oxygen atoms in total. The van der Waals surface area contributed by atoms with Crippen LogP contribution in [-0.4, -0.2) is 44.2 Å². The van der Waals surface area contributed by atoms with Crippen LogP contribution in [0.25, 0.3) is 0 Å². The van der Waals surface area contributed by atoms with Crippen molar-refractivity contribution in [1.29, 1.82) is 0 Å². The van der Waals surface area contributed by atoms with Crippen molar-refractivity contribution >= 4 is 11.8 Å². The number of methoxy groups -OCH3 is 1. The molecule has 0 bridgehead atoms. The predicted octanol–water partition coefficient (Wildman–Crippen LogP) is 2.13. The van der Waals surface area contributed by atoms with Crippen LogP contribution >= 0.6 is 11.8 Å². The average molecular weight is 268 g/mol. The Bertz CT molecular complexity index is 346. The van der Waals surface area contributed by atoms with Gasteiger partial charge in [-0.15, -0.1) is 0 Å². The van der Waals surface area contributed by atoms with E-state index in [2.05, 4.69) is 36.4 Å². The molecule has 18 heavy (non-hydrogen) atoms. The Labute approximate surface area is 115 Å². The van der Waals surface area contributed by atoms with Crippen LogP contribution in [0, 0.1) is 0 Å². The van der Waals surface area contributed by atoms with Crippen LogP contribution in [0.4, 0.5) is 0 Å². The largest absolute Gasteiger partial charge is 0.380 e. The number of ether oxygens (including phenoxy) is 1. The summed E-state index contributed by atoms with van der Waals surface area (Å²) in [7, 11) is 3.86. The fourth-order valence-electron chi connectivity index (χ4n) is 2.08. The van der Waals surface area contributed by atoms with Gasteiger partial charge in [0.25, 0.3) is 0 Å². The lowest BCUT2D eigenvalue weighted by Crippen LogP contribution is -2.32. The summed E-state index contributed by atoms with van der Waals surface area (Å²) in [6.45, 7) is 2.32. The first-order valence-electron chi connectivity index (χ1n) is 6.20. The minimum absolute atomic E-state index is 0.267. The SMILES string of the molecule is COCc1ccccc1C(CN)N(C)CCSC. The zero-order valence-electron chi connectivity index (χ0n) is 11.6. The summed E-state index contributed by atoms with van der Waals surface area (Å²) in [5.74, 6) is 1.12. The van der Waals surface area contributed by atoms with Crippen LogP contribution in [0.5, 0.6) is 0 Å². The van der Waals surface area contributed by atoms with E-state index < -0.39 is 0 Å². The summed E-state index contributed by atoms with van der Waals surface area (Å²) in [5.41, 5.74) is 8.46. The van der Waals surface area contributed by atoms with Gasteiger partial charge in [0.15, 0.2) is 0 Å². The highest BCUT2D eigenvalue weighted by molar-refractivity contribution is 7.98. The second-order valence-corrected chi connectivity index (χ2v) is 5.34. The standard InChI is InChI=1S/C14H24N2OS/c1-16(8-9-18-3)14(10-15)13-7-5-4-6-12(13)11-17-2/h4-7,14H,8-11,15H2,1-3H3. The summed E-state index contributed by atoms with van der Waals surface area (Å²) in [6, 6.07) is 8.65. The van der Waals surface area contributed by atoms with Crippen LogP contribution in [0.1, 0.15) is 17.2 Å². The molecule has 0 fully saturated rings. The molecule has 0 heterocycles. The lowest BCUT2D eigenvalue weighted by atomic mass is 9.99. The van der Waals surface area contributed by atoms with Gasteiger partial charge in [-0.1, -0.05) is 24.3 Å². The second kappa shape index (κ2) is 8.53. The first-order valence-corrected chi connectivity index (χ1v) is 7.60. The van der Waals surface area contributed by atoms with Crippen molar-refractivity contribution in [2.75, 3.05) is 39.3 Å². The van der Waals surface area contributed by atoms with Gasteiger partial charge in [-0.25, -0.2) is 0 Å². The molecule has 0 spiro atoms. The Hall–Kier alpha value is -0.550. The molecule has 0 saturated carbocycles. The van der Waals surface area contributed by atoms with Crippen LogP contribution in [0.2, 0.25) is 0 Å². The molecule has 0 aromatic heterocycles. The highest BCUT2D eigenvalue weighted by Gasteiger charge is 2.17. The Kier molecular flexibility index (Phi) is 7.35. The maximum Gasteiger partial charge on any atom is 0.0716 e. The van der Waals surface area contributed by atoms with Crippen molar-refractivity contribution in [3.05, 3.63) is 35.4 Å². The number of nitrogens with zero attached hydrogens (tertiary/aromatic N) is 1. The highest BCUT2D eigenvalue weighted by atomic mass is 32.2. The molecule has 1 unspecified atom stereocenters. The van der Waals surface area contributed by atoms with Crippen LogP contribution in [-0.2, 0) is 11.3 Å². The minimum atomic E-state index is 0.267. The summed E-state index contributed by atoms with van der Waals surface area (Å²) in [6.07, 6.45) is 2.13. The lowest BCUT2D eigenvalue weighted by molar-refractivity contribution is 0.180. The Morgan fingerprint density at radius 2 is 2.11 bits per heavy atom.